The predicted octanol–water partition coefficient (Wildman–Crippen LogP) is 4.36. The van der Waals surface area contributed by atoms with Gasteiger partial charge in [0.05, 0.1) is 6.10 Å². The van der Waals surface area contributed by atoms with E-state index in [4.69, 9.17) is 4.74 Å². The second kappa shape index (κ2) is 13.6. The van der Waals surface area contributed by atoms with Gasteiger partial charge in [-0.25, -0.2) is 4.79 Å². The highest BCUT2D eigenvalue weighted by molar-refractivity contribution is 5.84. The monoisotopic (exact) mass is 313 g/mol. The number of ether oxygens (including phenoxy) is 1. The smallest absolute Gasteiger partial charge is 0.328 e. The maximum absolute atomic E-state index is 11.7. The minimum atomic E-state index is -0.562. The molecule has 0 aliphatic carbocycles. The molecule has 0 aliphatic heterocycles. The molecule has 130 valence electrons. The van der Waals surface area contributed by atoms with Crippen LogP contribution < -0.4 is 5.32 Å². The van der Waals surface area contributed by atoms with Crippen LogP contribution in [0.5, 0.6) is 0 Å². The fourth-order valence-corrected chi connectivity index (χ4v) is 2.30. The number of rotatable bonds is 13. The van der Waals surface area contributed by atoms with Gasteiger partial charge in [-0.15, -0.1) is 0 Å². The van der Waals surface area contributed by atoms with Crippen molar-refractivity contribution in [1.29, 1.82) is 0 Å². The quantitative estimate of drug-likeness (QED) is 0.406. The molecule has 0 spiro atoms. The summed E-state index contributed by atoms with van der Waals surface area (Å²) in [6.07, 6.45) is 11.4. The van der Waals surface area contributed by atoms with Gasteiger partial charge in [-0.2, -0.15) is 0 Å². The van der Waals surface area contributed by atoms with Crippen molar-refractivity contribution < 1.29 is 14.3 Å². The number of esters is 1. The molecule has 0 rings (SSSR count). The molecule has 1 amide bonds. The van der Waals surface area contributed by atoms with Crippen LogP contribution in [-0.2, 0) is 14.3 Å². The molecule has 22 heavy (non-hydrogen) atoms. The molecule has 0 aromatic rings. The van der Waals surface area contributed by atoms with Crippen molar-refractivity contribution in [2.45, 2.75) is 104 Å². The average Bonchev–Trinajstić information content (AvgIpc) is 2.44. The SMILES string of the molecule is CCCCCCCCCCCC(=O)NC(C)C(=O)OC(C)C. The molecule has 0 bridgehead atoms. The van der Waals surface area contributed by atoms with E-state index in [9.17, 15) is 9.59 Å². The number of hydrogen-bond donors (Lipinski definition) is 1. The third-order valence-electron chi connectivity index (χ3n) is 3.59. The summed E-state index contributed by atoms with van der Waals surface area (Å²) in [6, 6.07) is -0.562. The Labute approximate surface area is 136 Å². The molecule has 0 aromatic heterocycles. The van der Waals surface area contributed by atoms with E-state index in [-0.39, 0.29) is 18.0 Å². The highest BCUT2D eigenvalue weighted by Gasteiger charge is 2.17. The van der Waals surface area contributed by atoms with Gasteiger partial charge in [0, 0.05) is 6.42 Å². The Morgan fingerprint density at radius 2 is 1.36 bits per heavy atom. The van der Waals surface area contributed by atoms with Crippen LogP contribution in [0, 0.1) is 0 Å². The molecule has 0 saturated carbocycles. The summed E-state index contributed by atoms with van der Waals surface area (Å²) in [4.78, 5) is 23.3. The maximum Gasteiger partial charge on any atom is 0.328 e. The lowest BCUT2D eigenvalue weighted by molar-refractivity contribution is -0.150. The van der Waals surface area contributed by atoms with E-state index in [0.717, 1.165) is 12.8 Å². The van der Waals surface area contributed by atoms with Crippen LogP contribution in [0.4, 0.5) is 0 Å². The molecular weight excluding hydrogens is 278 g/mol. The van der Waals surface area contributed by atoms with Crippen LogP contribution in [0.15, 0.2) is 0 Å². The Kier molecular flexibility index (Phi) is 12.9. The zero-order chi connectivity index (χ0) is 16.8. The third-order valence-corrected chi connectivity index (χ3v) is 3.59. The molecular formula is C18H35NO3. The summed E-state index contributed by atoms with van der Waals surface area (Å²) in [5, 5.41) is 2.70. The van der Waals surface area contributed by atoms with Crippen molar-refractivity contribution in [1.82, 2.24) is 5.32 Å². The fourth-order valence-electron chi connectivity index (χ4n) is 2.30. The van der Waals surface area contributed by atoms with E-state index in [2.05, 4.69) is 12.2 Å². The van der Waals surface area contributed by atoms with E-state index in [1.807, 2.05) is 0 Å². The van der Waals surface area contributed by atoms with Gasteiger partial charge >= 0.3 is 5.97 Å². The minimum absolute atomic E-state index is 0.0591. The van der Waals surface area contributed by atoms with Crippen LogP contribution in [-0.4, -0.2) is 24.0 Å². The lowest BCUT2D eigenvalue weighted by Gasteiger charge is -2.15. The van der Waals surface area contributed by atoms with Gasteiger partial charge < -0.3 is 10.1 Å². The van der Waals surface area contributed by atoms with Crippen molar-refractivity contribution in [3.63, 3.8) is 0 Å². The molecule has 1 unspecified atom stereocenters. The highest BCUT2D eigenvalue weighted by Crippen LogP contribution is 2.10. The highest BCUT2D eigenvalue weighted by atomic mass is 16.5. The second-order valence-electron chi connectivity index (χ2n) is 6.35. The fraction of sp³-hybridized carbons (Fsp3) is 0.889. The van der Waals surface area contributed by atoms with Gasteiger partial charge in [-0.05, 0) is 27.2 Å². The van der Waals surface area contributed by atoms with Gasteiger partial charge in [0.15, 0.2) is 0 Å². The standard InChI is InChI=1S/C18H35NO3/c1-5-6-7-8-9-10-11-12-13-14-17(20)19-16(4)18(21)22-15(2)3/h15-16H,5-14H2,1-4H3,(H,19,20). The number of unbranched alkanes of at least 4 members (excludes halogenated alkanes) is 8. The van der Waals surface area contributed by atoms with E-state index in [0.29, 0.717) is 6.42 Å². The van der Waals surface area contributed by atoms with Crippen molar-refractivity contribution in [2.24, 2.45) is 0 Å². The molecule has 4 heteroatoms. The van der Waals surface area contributed by atoms with Crippen molar-refractivity contribution in [2.75, 3.05) is 0 Å². The van der Waals surface area contributed by atoms with E-state index >= 15 is 0 Å². The summed E-state index contributed by atoms with van der Waals surface area (Å²) in [5.41, 5.74) is 0. The molecule has 0 heterocycles. The largest absolute Gasteiger partial charge is 0.461 e. The number of nitrogens with one attached hydrogen (secondary N) is 1. The molecule has 0 radical (unpaired) electrons. The number of carbonyl (C=O) groups excluding carboxylic acids is 2. The Balaban J connectivity index is 3.51. The first-order valence-electron chi connectivity index (χ1n) is 8.97. The maximum atomic E-state index is 11.7. The number of hydrogen-bond acceptors (Lipinski definition) is 3. The third kappa shape index (κ3) is 12.7. The number of amides is 1. The summed E-state index contributed by atoms with van der Waals surface area (Å²) in [7, 11) is 0. The molecule has 0 aromatic carbocycles. The molecule has 1 N–H and O–H groups in total. The van der Waals surface area contributed by atoms with Gasteiger partial charge in [0.25, 0.3) is 0 Å². The lowest BCUT2D eigenvalue weighted by atomic mass is 10.1. The summed E-state index contributed by atoms with van der Waals surface area (Å²) >= 11 is 0. The molecule has 1 atom stereocenters. The number of carbonyl (C=O) groups is 2. The summed E-state index contributed by atoms with van der Waals surface area (Å²) in [5.74, 6) is -0.424. The van der Waals surface area contributed by atoms with Crippen molar-refractivity contribution in [3.8, 4) is 0 Å². The van der Waals surface area contributed by atoms with E-state index in [1.165, 1.54) is 44.9 Å². The predicted molar refractivity (Wildman–Crippen MR) is 90.7 cm³/mol. The van der Waals surface area contributed by atoms with E-state index in [1.54, 1.807) is 20.8 Å². The Hall–Kier alpha value is -1.06. The topological polar surface area (TPSA) is 55.4 Å². The van der Waals surface area contributed by atoms with Crippen LogP contribution in [0.3, 0.4) is 0 Å². The Morgan fingerprint density at radius 1 is 0.864 bits per heavy atom. The Morgan fingerprint density at radius 3 is 1.86 bits per heavy atom. The van der Waals surface area contributed by atoms with Gasteiger partial charge in [0.2, 0.25) is 5.91 Å². The lowest BCUT2D eigenvalue weighted by Crippen LogP contribution is -2.40. The molecule has 4 nitrogen and oxygen atoms in total. The molecule has 0 aliphatic rings. The van der Waals surface area contributed by atoms with Crippen LogP contribution in [0.1, 0.15) is 91.9 Å². The first kappa shape index (κ1) is 20.9. The van der Waals surface area contributed by atoms with Gasteiger partial charge in [-0.1, -0.05) is 58.3 Å². The normalized spacial score (nSPS) is 12.2. The zero-order valence-corrected chi connectivity index (χ0v) is 15.0. The average molecular weight is 313 g/mol. The van der Waals surface area contributed by atoms with Gasteiger partial charge in [0.1, 0.15) is 6.04 Å². The second-order valence-corrected chi connectivity index (χ2v) is 6.35. The van der Waals surface area contributed by atoms with Crippen LogP contribution in [0.25, 0.3) is 0 Å². The zero-order valence-electron chi connectivity index (χ0n) is 15.0. The minimum Gasteiger partial charge on any atom is -0.461 e. The first-order valence-corrected chi connectivity index (χ1v) is 8.97. The Bertz CT molecular complexity index is 303. The summed E-state index contributed by atoms with van der Waals surface area (Å²) in [6.45, 7) is 7.50. The van der Waals surface area contributed by atoms with E-state index < -0.39 is 6.04 Å². The van der Waals surface area contributed by atoms with Crippen molar-refractivity contribution in [3.05, 3.63) is 0 Å². The van der Waals surface area contributed by atoms with Crippen LogP contribution >= 0.6 is 0 Å². The van der Waals surface area contributed by atoms with Crippen molar-refractivity contribution >= 4 is 11.9 Å². The van der Waals surface area contributed by atoms with Gasteiger partial charge in [-0.3, -0.25) is 4.79 Å². The first-order chi connectivity index (χ1) is 10.5. The molecule has 0 saturated heterocycles. The van der Waals surface area contributed by atoms with Crippen LogP contribution in [0.2, 0.25) is 0 Å². The molecule has 0 fully saturated rings. The summed E-state index contributed by atoms with van der Waals surface area (Å²) < 4.78 is 5.06.